The molecule has 3 rings (SSSR count). The molecule has 0 saturated carbocycles. The summed E-state index contributed by atoms with van der Waals surface area (Å²) >= 11 is 0. The molecule has 1 fully saturated rings. The van der Waals surface area contributed by atoms with Crippen molar-refractivity contribution < 1.29 is 27.8 Å². The zero-order valence-electron chi connectivity index (χ0n) is 14.1. The quantitative estimate of drug-likeness (QED) is 0.846. The lowest BCUT2D eigenvalue weighted by atomic mass is 10.1. The Morgan fingerprint density at radius 2 is 1.89 bits per heavy atom. The highest BCUT2D eigenvalue weighted by Gasteiger charge is 2.31. The molecule has 0 spiro atoms. The molecule has 144 valence electrons. The summed E-state index contributed by atoms with van der Waals surface area (Å²) in [6, 6.07) is 5.17. The third kappa shape index (κ3) is 4.99. The molecule has 0 radical (unpaired) electrons. The van der Waals surface area contributed by atoms with Crippen LogP contribution in [0.5, 0.6) is 5.75 Å². The highest BCUT2D eigenvalue weighted by atomic mass is 19.4. The van der Waals surface area contributed by atoms with Crippen molar-refractivity contribution in [1.82, 2.24) is 9.97 Å². The molecule has 1 aliphatic heterocycles. The number of nitrogens with one attached hydrogen (secondary N) is 1. The van der Waals surface area contributed by atoms with E-state index in [1.165, 1.54) is 24.4 Å². The molecule has 27 heavy (non-hydrogen) atoms. The summed E-state index contributed by atoms with van der Waals surface area (Å²) in [5.74, 6) is 0.696. The normalized spacial score (nSPS) is 15.4. The number of ether oxygens (including phenoxy) is 1. The first-order valence-electron chi connectivity index (χ1n) is 8.22. The fourth-order valence-corrected chi connectivity index (χ4v) is 2.69. The molecule has 2 N–H and O–H groups in total. The monoisotopic (exact) mass is 382 g/mol. The molecular weight excluding hydrogens is 365 g/mol. The first-order chi connectivity index (χ1) is 12.8. The Balaban J connectivity index is 1.48. The second-order valence-electron chi connectivity index (χ2n) is 6.02. The van der Waals surface area contributed by atoms with Crippen molar-refractivity contribution in [2.45, 2.75) is 25.1 Å². The Morgan fingerprint density at radius 3 is 2.44 bits per heavy atom. The lowest BCUT2D eigenvalue weighted by Crippen LogP contribution is -2.39. The average molecular weight is 382 g/mol. The summed E-state index contributed by atoms with van der Waals surface area (Å²) in [6.07, 6.45) is -2.31. The lowest BCUT2D eigenvalue weighted by Gasteiger charge is -2.32. The number of amides is 1. The van der Waals surface area contributed by atoms with Crippen molar-refractivity contribution in [2.24, 2.45) is 0 Å². The highest BCUT2D eigenvalue weighted by molar-refractivity contribution is 5.83. The van der Waals surface area contributed by atoms with E-state index in [0.717, 1.165) is 12.3 Å². The Bertz CT molecular complexity index is 774. The van der Waals surface area contributed by atoms with E-state index in [2.05, 4.69) is 15.3 Å². The third-order valence-electron chi connectivity index (χ3n) is 4.09. The van der Waals surface area contributed by atoms with E-state index in [4.69, 9.17) is 9.84 Å². The van der Waals surface area contributed by atoms with Crippen molar-refractivity contribution in [1.29, 1.82) is 0 Å². The minimum atomic E-state index is -4.41. The molecule has 0 aliphatic carbocycles. The van der Waals surface area contributed by atoms with Crippen LogP contribution < -0.4 is 10.2 Å². The van der Waals surface area contributed by atoms with Gasteiger partial charge in [0.15, 0.2) is 0 Å². The van der Waals surface area contributed by atoms with E-state index in [-0.39, 0.29) is 17.7 Å². The summed E-state index contributed by atoms with van der Waals surface area (Å²) in [6.45, 7) is 1.02. The van der Waals surface area contributed by atoms with Crippen LogP contribution in [-0.2, 0) is 10.9 Å². The number of piperidine rings is 1. The van der Waals surface area contributed by atoms with Gasteiger partial charge in [-0.3, -0.25) is 5.32 Å². The van der Waals surface area contributed by atoms with Gasteiger partial charge >= 0.3 is 12.3 Å². The molecule has 1 aliphatic rings. The van der Waals surface area contributed by atoms with Gasteiger partial charge in [0.25, 0.3) is 0 Å². The maximum Gasteiger partial charge on any atom is 0.417 e. The number of halogens is 3. The molecule has 2 aromatic rings. The van der Waals surface area contributed by atoms with Gasteiger partial charge in [-0.2, -0.15) is 13.2 Å². The standard InChI is InChI=1S/C17H17F3N4O3/c18-17(19,20)11-1-4-15(22-9-11)24-7-5-13(6-8-24)27-16(26)23-14-3-2-12(25)10-21-14/h1-4,9-10,13,25H,5-8H2,(H,21,23,26). The van der Waals surface area contributed by atoms with Gasteiger partial charge < -0.3 is 14.7 Å². The average Bonchev–Trinajstić information content (AvgIpc) is 2.64. The van der Waals surface area contributed by atoms with Crippen molar-refractivity contribution in [3.05, 3.63) is 42.2 Å². The topological polar surface area (TPSA) is 87.6 Å². The van der Waals surface area contributed by atoms with Gasteiger partial charge in [0.2, 0.25) is 0 Å². The minimum Gasteiger partial charge on any atom is -0.506 e. The van der Waals surface area contributed by atoms with Crippen LogP contribution in [0.15, 0.2) is 36.7 Å². The molecule has 0 unspecified atom stereocenters. The zero-order chi connectivity index (χ0) is 19.4. The van der Waals surface area contributed by atoms with Crippen LogP contribution in [0.25, 0.3) is 0 Å². The molecule has 1 saturated heterocycles. The number of hydrogen-bond acceptors (Lipinski definition) is 6. The van der Waals surface area contributed by atoms with Gasteiger partial charge in [-0.15, -0.1) is 0 Å². The van der Waals surface area contributed by atoms with Gasteiger partial charge in [0, 0.05) is 32.1 Å². The summed E-state index contributed by atoms with van der Waals surface area (Å²) < 4.78 is 43.1. The molecule has 0 aromatic carbocycles. The fraction of sp³-hybridized carbons (Fsp3) is 0.353. The smallest absolute Gasteiger partial charge is 0.417 e. The third-order valence-corrected chi connectivity index (χ3v) is 4.09. The maximum absolute atomic E-state index is 12.6. The van der Waals surface area contributed by atoms with Crippen molar-refractivity contribution in [3.63, 3.8) is 0 Å². The Morgan fingerprint density at radius 1 is 1.15 bits per heavy atom. The van der Waals surface area contributed by atoms with Crippen molar-refractivity contribution in [3.8, 4) is 5.75 Å². The maximum atomic E-state index is 12.6. The summed E-state index contributed by atoms with van der Waals surface area (Å²) in [5.41, 5.74) is -0.788. The van der Waals surface area contributed by atoms with Crippen molar-refractivity contribution in [2.75, 3.05) is 23.3 Å². The molecular formula is C17H17F3N4O3. The summed E-state index contributed by atoms with van der Waals surface area (Å²) in [5, 5.41) is 11.6. The van der Waals surface area contributed by atoms with Gasteiger partial charge in [0.1, 0.15) is 23.5 Å². The minimum absolute atomic E-state index is 0.0156. The Kier molecular flexibility index (Phi) is 5.33. The van der Waals surface area contributed by atoms with E-state index in [9.17, 15) is 18.0 Å². The van der Waals surface area contributed by atoms with E-state index < -0.39 is 17.8 Å². The largest absolute Gasteiger partial charge is 0.506 e. The Labute approximate surface area is 152 Å². The highest BCUT2D eigenvalue weighted by Crippen LogP contribution is 2.30. The molecule has 3 heterocycles. The van der Waals surface area contributed by atoms with Gasteiger partial charge in [-0.1, -0.05) is 0 Å². The predicted octanol–water partition coefficient (Wildman–Crippen LogP) is 3.42. The number of pyridine rings is 2. The molecule has 0 bridgehead atoms. The van der Waals surface area contributed by atoms with E-state index in [1.807, 2.05) is 4.90 Å². The number of alkyl halides is 3. The van der Waals surface area contributed by atoms with Crippen LogP contribution >= 0.6 is 0 Å². The first-order valence-corrected chi connectivity index (χ1v) is 8.22. The van der Waals surface area contributed by atoms with Crippen LogP contribution in [0.1, 0.15) is 18.4 Å². The van der Waals surface area contributed by atoms with E-state index >= 15 is 0 Å². The summed E-state index contributed by atoms with van der Waals surface area (Å²) in [4.78, 5) is 21.4. The number of anilines is 2. The van der Waals surface area contributed by atoms with Crippen LogP contribution in [0.4, 0.5) is 29.6 Å². The van der Waals surface area contributed by atoms with E-state index in [1.54, 1.807) is 0 Å². The van der Waals surface area contributed by atoms with Gasteiger partial charge in [-0.05, 0) is 24.3 Å². The van der Waals surface area contributed by atoms with Crippen LogP contribution in [0.2, 0.25) is 0 Å². The van der Waals surface area contributed by atoms with E-state index in [0.29, 0.717) is 31.7 Å². The molecule has 10 heteroatoms. The van der Waals surface area contributed by atoms with Gasteiger partial charge in [0.05, 0.1) is 11.8 Å². The lowest BCUT2D eigenvalue weighted by molar-refractivity contribution is -0.137. The Hall–Kier alpha value is -3.04. The number of carbonyl (C=O) groups excluding carboxylic acids is 1. The number of carbonyl (C=O) groups is 1. The molecule has 7 nitrogen and oxygen atoms in total. The van der Waals surface area contributed by atoms with Crippen LogP contribution in [-0.4, -0.2) is 40.4 Å². The van der Waals surface area contributed by atoms with Crippen LogP contribution in [0.3, 0.4) is 0 Å². The fourth-order valence-electron chi connectivity index (χ4n) is 2.69. The second-order valence-corrected chi connectivity index (χ2v) is 6.02. The van der Waals surface area contributed by atoms with Crippen LogP contribution in [0, 0.1) is 0 Å². The number of hydrogen-bond donors (Lipinski definition) is 2. The first kappa shape index (κ1) is 18.7. The SMILES string of the molecule is O=C(Nc1ccc(O)cn1)OC1CCN(c2ccc(C(F)(F)F)cn2)CC1. The predicted molar refractivity (Wildman–Crippen MR) is 90.5 cm³/mol. The number of aromatic nitrogens is 2. The van der Waals surface area contributed by atoms with Gasteiger partial charge in [-0.25, -0.2) is 14.8 Å². The number of aromatic hydroxyl groups is 1. The second kappa shape index (κ2) is 7.68. The van der Waals surface area contributed by atoms with Crippen molar-refractivity contribution >= 4 is 17.7 Å². The number of rotatable bonds is 3. The molecule has 2 aromatic heterocycles. The number of nitrogens with zero attached hydrogens (tertiary/aromatic N) is 3. The molecule has 1 amide bonds. The summed E-state index contributed by atoms with van der Waals surface area (Å²) in [7, 11) is 0. The molecule has 0 atom stereocenters. The zero-order valence-corrected chi connectivity index (χ0v) is 14.1.